The number of benzene rings is 1. The molecule has 1 N–H and O–H groups in total. The summed E-state index contributed by atoms with van der Waals surface area (Å²) in [5.41, 5.74) is 1.58. The van der Waals surface area contributed by atoms with Gasteiger partial charge in [0.2, 0.25) is 12.3 Å². The molecular weight excluding hydrogens is 273 g/mol. The third-order valence-electron chi connectivity index (χ3n) is 2.84. The van der Waals surface area contributed by atoms with Crippen molar-refractivity contribution in [3.63, 3.8) is 0 Å². The van der Waals surface area contributed by atoms with Crippen molar-refractivity contribution in [2.75, 3.05) is 11.9 Å². The van der Waals surface area contributed by atoms with E-state index in [2.05, 4.69) is 25.5 Å². The number of halogens is 1. The number of anilines is 1. The van der Waals surface area contributed by atoms with Crippen LogP contribution in [0.1, 0.15) is 5.56 Å². The minimum atomic E-state index is -0.229. The van der Waals surface area contributed by atoms with Crippen LogP contribution in [0.5, 0.6) is 0 Å². The molecule has 0 fully saturated rings. The van der Waals surface area contributed by atoms with Crippen molar-refractivity contribution in [1.29, 1.82) is 0 Å². The molecule has 6 nitrogen and oxygen atoms in total. The fourth-order valence-electron chi connectivity index (χ4n) is 1.84. The summed E-state index contributed by atoms with van der Waals surface area (Å²) in [4.78, 5) is 8.32. The average Bonchev–Trinajstić information content (AvgIpc) is 3.02. The molecule has 0 unspecified atom stereocenters. The van der Waals surface area contributed by atoms with Gasteiger partial charge in [-0.3, -0.25) is 0 Å². The second-order valence-electron chi connectivity index (χ2n) is 4.35. The lowest BCUT2D eigenvalue weighted by Gasteiger charge is -2.05. The van der Waals surface area contributed by atoms with Gasteiger partial charge in [-0.1, -0.05) is 12.1 Å². The predicted molar refractivity (Wildman–Crippen MR) is 73.9 cm³/mol. The Morgan fingerprint density at radius 1 is 1.19 bits per heavy atom. The normalized spacial score (nSPS) is 10.5. The van der Waals surface area contributed by atoms with Crippen molar-refractivity contribution in [1.82, 2.24) is 20.2 Å². The molecule has 2 heterocycles. The second-order valence-corrected chi connectivity index (χ2v) is 4.35. The minimum absolute atomic E-state index is 0.229. The summed E-state index contributed by atoms with van der Waals surface area (Å²) >= 11 is 0. The highest BCUT2D eigenvalue weighted by Crippen LogP contribution is 2.14. The summed E-state index contributed by atoms with van der Waals surface area (Å²) in [5, 5.41) is 10.4. The molecule has 106 valence electrons. The third kappa shape index (κ3) is 3.38. The zero-order chi connectivity index (χ0) is 14.5. The highest BCUT2D eigenvalue weighted by molar-refractivity contribution is 5.49. The van der Waals surface area contributed by atoms with Crippen LogP contribution >= 0.6 is 0 Å². The molecule has 3 aromatic rings. The van der Waals surface area contributed by atoms with E-state index in [0.29, 0.717) is 30.4 Å². The lowest BCUT2D eigenvalue weighted by Crippen LogP contribution is -2.07. The van der Waals surface area contributed by atoms with Crippen molar-refractivity contribution in [3.05, 3.63) is 54.4 Å². The van der Waals surface area contributed by atoms with Crippen molar-refractivity contribution in [3.8, 4) is 11.5 Å². The van der Waals surface area contributed by atoms with E-state index in [4.69, 9.17) is 4.42 Å². The van der Waals surface area contributed by atoms with Crippen LogP contribution in [-0.4, -0.2) is 26.7 Å². The number of aromatic nitrogens is 4. The summed E-state index contributed by atoms with van der Waals surface area (Å²) in [6.07, 6.45) is 5.14. The summed E-state index contributed by atoms with van der Waals surface area (Å²) in [6.45, 7) is 0.614. The van der Waals surface area contributed by atoms with Crippen LogP contribution < -0.4 is 5.32 Å². The van der Waals surface area contributed by atoms with Gasteiger partial charge in [-0.25, -0.2) is 14.4 Å². The Labute approximate surface area is 120 Å². The minimum Gasteiger partial charge on any atom is -0.423 e. The highest BCUT2D eigenvalue weighted by atomic mass is 19.1. The average molecular weight is 285 g/mol. The Balaban J connectivity index is 1.56. The first-order chi connectivity index (χ1) is 10.3. The van der Waals surface area contributed by atoms with Crippen LogP contribution in [0, 0.1) is 5.82 Å². The van der Waals surface area contributed by atoms with E-state index in [1.807, 2.05) is 6.07 Å². The molecule has 7 heteroatoms. The molecule has 0 bridgehead atoms. The Morgan fingerprint density at radius 3 is 2.76 bits per heavy atom. The van der Waals surface area contributed by atoms with Gasteiger partial charge in [0, 0.05) is 18.9 Å². The van der Waals surface area contributed by atoms with Gasteiger partial charge in [0.05, 0.1) is 5.56 Å². The summed E-state index contributed by atoms with van der Waals surface area (Å²) in [5.74, 6) is 0.642. The van der Waals surface area contributed by atoms with Gasteiger partial charge in [0.15, 0.2) is 0 Å². The quantitative estimate of drug-likeness (QED) is 0.775. The molecule has 2 aromatic heterocycles. The van der Waals surface area contributed by atoms with Crippen molar-refractivity contribution in [2.24, 2.45) is 0 Å². The molecule has 1 aromatic carbocycles. The molecule has 0 aliphatic heterocycles. The molecule has 3 rings (SSSR count). The Kier molecular flexibility index (Phi) is 3.81. The van der Waals surface area contributed by atoms with Crippen LogP contribution in [0.4, 0.5) is 10.3 Å². The van der Waals surface area contributed by atoms with Crippen LogP contribution in [0.3, 0.4) is 0 Å². The smallest absolute Gasteiger partial charge is 0.250 e. The number of hydrogen-bond acceptors (Lipinski definition) is 6. The van der Waals surface area contributed by atoms with E-state index in [-0.39, 0.29) is 5.82 Å². The first-order valence-corrected chi connectivity index (χ1v) is 6.38. The molecule has 0 aliphatic rings. The number of hydrogen-bond donors (Lipinski definition) is 1. The third-order valence-corrected chi connectivity index (χ3v) is 2.84. The largest absolute Gasteiger partial charge is 0.423 e. The van der Waals surface area contributed by atoms with Gasteiger partial charge in [0.25, 0.3) is 5.89 Å². The fraction of sp³-hybridized carbons (Fsp3) is 0.143. The number of nitrogens with one attached hydrogen (secondary N) is 1. The molecular formula is C14H12FN5O. The summed E-state index contributed by atoms with van der Waals surface area (Å²) < 4.78 is 18.1. The van der Waals surface area contributed by atoms with Gasteiger partial charge in [-0.05, 0) is 24.1 Å². The second kappa shape index (κ2) is 6.08. The lowest BCUT2D eigenvalue weighted by atomic mass is 10.1. The van der Waals surface area contributed by atoms with E-state index in [9.17, 15) is 4.39 Å². The Hall–Kier alpha value is -2.83. The van der Waals surface area contributed by atoms with Crippen LogP contribution in [-0.2, 0) is 6.42 Å². The Morgan fingerprint density at radius 2 is 2.05 bits per heavy atom. The van der Waals surface area contributed by atoms with Crippen LogP contribution in [0.2, 0.25) is 0 Å². The van der Waals surface area contributed by atoms with Gasteiger partial charge in [0.1, 0.15) is 5.82 Å². The number of nitrogens with zero attached hydrogens (tertiary/aromatic N) is 4. The van der Waals surface area contributed by atoms with E-state index in [1.165, 1.54) is 18.5 Å². The number of rotatable bonds is 5. The van der Waals surface area contributed by atoms with Crippen molar-refractivity contribution < 1.29 is 8.81 Å². The van der Waals surface area contributed by atoms with Gasteiger partial charge >= 0.3 is 0 Å². The highest BCUT2D eigenvalue weighted by Gasteiger charge is 2.05. The summed E-state index contributed by atoms with van der Waals surface area (Å²) in [6, 6.07) is 6.52. The molecule has 0 amide bonds. The maximum absolute atomic E-state index is 13.0. The molecule has 0 atom stereocenters. The zero-order valence-corrected chi connectivity index (χ0v) is 11.0. The molecule has 0 spiro atoms. The maximum atomic E-state index is 13.0. The van der Waals surface area contributed by atoms with Crippen LogP contribution in [0.25, 0.3) is 11.5 Å². The standard InChI is InChI=1S/C14H12FN5O/c15-12-3-1-2-10(6-12)4-5-16-14-17-7-11(8-18-14)13-20-19-9-21-13/h1-3,6-9H,4-5H2,(H,16,17,18). The molecule has 0 saturated heterocycles. The molecule has 0 radical (unpaired) electrons. The van der Waals surface area contributed by atoms with Crippen LogP contribution in [0.15, 0.2) is 47.5 Å². The lowest BCUT2D eigenvalue weighted by molar-refractivity contribution is 0.568. The van der Waals surface area contributed by atoms with E-state index in [0.717, 1.165) is 5.56 Å². The summed E-state index contributed by atoms with van der Waals surface area (Å²) in [7, 11) is 0. The first kappa shape index (κ1) is 13.2. The van der Waals surface area contributed by atoms with Gasteiger partial charge < -0.3 is 9.73 Å². The van der Waals surface area contributed by atoms with E-state index >= 15 is 0 Å². The fourth-order valence-corrected chi connectivity index (χ4v) is 1.84. The van der Waals surface area contributed by atoms with Gasteiger partial charge in [-0.15, -0.1) is 10.2 Å². The molecule has 0 aliphatic carbocycles. The molecule has 0 saturated carbocycles. The zero-order valence-electron chi connectivity index (χ0n) is 11.0. The van der Waals surface area contributed by atoms with Crippen molar-refractivity contribution >= 4 is 5.95 Å². The Bertz CT molecular complexity index is 700. The predicted octanol–water partition coefficient (Wildman–Crippen LogP) is 2.32. The first-order valence-electron chi connectivity index (χ1n) is 6.38. The van der Waals surface area contributed by atoms with E-state index in [1.54, 1.807) is 18.5 Å². The molecule has 21 heavy (non-hydrogen) atoms. The van der Waals surface area contributed by atoms with E-state index < -0.39 is 0 Å². The van der Waals surface area contributed by atoms with Crippen molar-refractivity contribution in [2.45, 2.75) is 6.42 Å². The van der Waals surface area contributed by atoms with Gasteiger partial charge in [-0.2, -0.15) is 0 Å². The topological polar surface area (TPSA) is 76.7 Å². The SMILES string of the molecule is Fc1cccc(CCNc2ncc(-c3nnco3)cn2)c1. The maximum Gasteiger partial charge on any atom is 0.250 e. The monoisotopic (exact) mass is 285 g/mol.